The summed E-state index contributed by atoms with van der Waals surface area (Å²) in [6.45, 7) is 12.7. The number of benzene rings is 2. The zero-order valence-electron chi connectivity index (χ0n) is 20.8. The number of benzodiazepines with no additional fused rings is 1. The Morgan fingerprint density at radius 3 is 2.47 bits per heavy atom. The maximum Gasteiger partial charge on any atom is 0.237 e. The van der Waals surface area contributed by atoms with Crippen LogP contribution in [0.1, 0.15) is 38.8 Å². The molecule has 0 saturated heterocycles. The number of fused-ring (bicyclic) bond motifs is 1. The number of methoxy groups -OCH3 is 1. The summed E-state index contributed by atoms with van der Waals surface area (Å²) in [5.74, 6) is 0.947. The Hall–Kier alpha value is -2.68. The molecule has 0 bridgehead atoms. The van der Waals surface area contributed by atoms with Gasteiger partial charge in [-0.1, -0.05) is 44.5 Å². The van der Waals surface area contributed by atoms with Crippen molar-refractivity contribution in [2.24, 2.45) is 10.1 Å². The number of anilines is 1. The number of rotatable bonds is 6. The van der Waals surface area contributed by atoms with Crippen molar-refractivity contribution in [3.8, 4) is 5.75 Å². The number of amidine groups is 1. The first kappa shape index (κ1) is 25.9. The van der Waals surface area contributed by atoms with E-state index in [0.717, 1.165) is 22.5 Å². The molecule has 1 atom stereocenters. The third-order valence-corrected chi connectivity index (χ3v) is 11.0. The van der Waals surface area contributed by atoms with E-state index in [1.54, 1.807) is 7.11 Å². The fraction of sp³-hybridized carbons (Fsp3) is 0.400. The number of nitrogens with one attached hydrogen (secondary N) is 2. The largest absolute Gasteiger partial charge is 0.497 e. The van der Waals surface area contributed by atoms with Crippen molar-refractivity contribution in [3.63, 3.8) is 0 Å². The number of carbonyl (C=O) groups excluding carboxylic acids is 1. The number of amides is 1. The SMILES string of the molecule is COc1ccc2c(c1)C(c1ccc(Cl)cc1)=N[C@@H](CO[Si](C)(C)C(C)(C)C)/C(=N/NC(C)=O)N2. The lowest BCUT2D eigenvalue weighted by Crippen LogP contribution is -2.44. The van der Waals surface area contributed by atoms with Crippen LogP contribution in [0.15, 0.2) is 52.6 Å². The highest BCUT2D eigenvalue weighted by molar-refractivity contribution is 6.74. The van der Waals surface area contributed by atoms with E-state index in [1.807, 2.05) is 42.5 Å². The molecule has 3 rings (SSSR count). The lowest BCUT2D eigenvalue weighted by atomic mass is 10.0. The number of nitrogens with zero attached hydrogens (tertiary/aromatic N) is 2. The standard InChI is InChI=1S/C25H33ClN4O3Si/c1-16(31)29-30-24-22(15-33-34(6,7)25(2,3)4)27-23(17-8-10-18(26)11-9-17)20-14-19(32-5)12-13-21(20)28-24/h8-14,22H,15H2,1-7H3,(H,28,30)(H,29,31)/t22-/m0/s1. The van der Waals surface area contributed by atoms with Crippen molar-refractivity contribution in [1.82, 2.24) is 5.43 Å². The monoisotopic (exact) mass is 500 g/mol. The van der Waals surface area contributed by atoms with Gasteiger partial charge in [0.25, 0.3) is 0 Å². The van der Waals surface area contributed by atoms with Crippen molar-refractivity contribution in [2.45, 2.75) is 51.9 Å². The van der Waals surface area contributed by atoms with E-state index in [4.69, 9.17) is 25.8 Å². The number of hydrogen-bond acceptors (Lipinski definition) is 5. The molecule has 0 spiro atoms. The average molecular weight is 501 g/mol. The van der Waals surface area contributed by atoms with Crippen LogP contribution in [0.5, 0.6) is 5.75 Å². The Kier molecular flexibility index (Phi) is 7.85. The van der Waals surface area contributed by atoms with Gasteiger partial charge in [-0.3, -0.25) is 9.79 Å². The first-order chi connectivity index (χ1) is 15.9. The number of hydrogen-bond donors (Lipinski definition) is 2. The van der Waals surface area contributed by atoms with Gasteiger partial charge in [-0.2, -0.15) is 5.10 Å². The van der Waals surface area contributed by atoms with Gasteiger partial charge < -0.3 is 14.5 Å². The van der Waals surface area contributed by atoms with Gasteiger partial charge >= 0.3 is 0 Å². The summed E-state index contributed by atoms with van der Waals surface area (Å²) >= 11 is 6.15. The fourth-order valence-corrected chi connectivity index (χ4v) is 4.30. The van der Waals surface area contributed by atoms with Crippen LogP contribution in [0, 0.1) is 0 Å². The van der Waals surface area contributed by atoms with Crippen LogP contribution in [0.4, 0.5) is 5.69 Å². The van der Waals surface area contributed by atoms with Crippen LogP contribution in [-0.4, -0.2) is 45.5 Å². The normalized spacial score (nSPS) is 17.4. The Balaban J connectivity index is 2.14. The van der Waals surface area contributed by atoms with Gasteiger partial charge in [-0.05, 0) is 48.5 Å². The van der Waals surface area contributed by atoms with Gasteiger partial charge in [0.15, 0.2) is 14.2 Å². The zero-order chi connectivity index (χ0) is 25.1. The van der Waals surface area contributed by atoms with Crippen molar-refractivity contribution in [2.75, 3.05) is 19.0 Å². The first-order valence-electron chi connectivity index (χ1n) is 11.2. The van der Waals surface area contributed by atoms with Gasteiger partial charge in [0.2, 0.25) is 5.91 Å². The van der Waals surface area contributed by atoms with E-state index in [-0.39, 0.29) is 10.9 Å². The van der Waals surface area contributed by atoms with E-state index < -0.39 is 14.4 Å². The summed E-state index contributed by atoms with van der Waals surface area (Å²) in [6, 6.07) is 12.8. The Morgan fingerprint density at radius 1 is 1.21 bits per heavy atom. The maximum absolute atomic E-state index is 11.6. The molecule has 1 aliphatic heterocycles. The van der Waals surface area contributed by atoms with Crippen molar-refractivity contribution in [3.05, 3.63) is 58.6 Å². The second-order valence-corrected chi connectivity index (χ2v) is 15.0. The van der Waals surface area contributed by atoms with Crippen LogP contribution in [0.25, 0.3) is 0 Å². The number of ether oxygens (including phenoxy) is 1. The Morgan fingerprint density at radius 2 is 1.88 bits per heavy atom. The predicted octanol–water partition coefficient (Wildman–Crippen LogP) is 5.45. The van der Waals surface area contributed by atoms with Crippen molar-refractivity contribution >= 4 is 43.1 Å². The summed E-state index contributed by atoms with van der Waals surface area (Å²) in [5, 5.41) is 8.42. The molecule has 1 aliphatic rings. The van der Waals surface area contributed by atoms with Gasteiger partial charge in [-0.15, -0.1) is 0 Å². The van der Waals surface area contributed by atoms with Crippen LogP contribution >= 0.6 is 11.6 Å². The number of carbonyl (C=O) groups is 1. The highest BCUT2D eigenvalue weighted by Crippen LogP contribution is 2.37. The summed E-state index contributed by atoms with van der Waals surface area (Å²) < 4.78 is 12.0. The summed E-state index contributed by atoms with van der Waals surface area (Å²) in [6.07, 6.45) is 0. The van der Waals surface area contributed by atoms with Crippen LogP contribution in [-0.2, 0) is 9.22 Å². The van der Waals surface area contributed by atoms with Crippen LogP contribution < -0.4 is 15.5 Å². The molecule has 182 valence electrons. The summed E-state index contributed by atoms with van der Waals surface area (Å²) in [4.78, 5) is 16.7. The summed E-state index contributed by atoms with van der Waals surface area (Å²) in [5.41, 5.74) is 5.86. The lowest BCUT2D eigenvalue weighted by Gasteiger charge is -2.36. The number of hydrazone groups is 1. The predicted molar refractivity (Wildman–Crippen MR) is 142 cm³/mol. The molecule has 1 heterocycles. The fourth-order valence-electron chi connectivity index (χ4n) is 3.16. The van der Waals surface area contributed by atoms with E-state index in [2.05, 4.69) is 49.7 Å². The zero-order valence-corrected chi connectivity index (χ0v) is 22.6. The topological polar surface area (TPSA) is 84.3 Å². The minimum Gasteiger partial charge on any atom is -0.497 e. The van der Waals surface area contributed by atoms with E-state index >= 15 is 0 Å². The Labute approximate surface area is 207 Å². The smallest absolute Gasteiger partial charge is 0.237 e. The third-order valence-electron chi connectivity index (χ3n) is 6.20. The van der Waals surface area contributed by atoms with Crippen molar-refractivity contribution < 1.29 is 14.0 Å². The molecular weight excluding hydrogens is 468 g/mol. The molecule has 2 N–H and O–H groups in total. The quantitative estimate of drug-likeness (QED) is 0.408. The molecule has 34 heavy (non-hydrogen) atoms. The number of halogens is 1. The highest BCUT2D eigenvalue weighted by atomic mass is 35.5. The molecule has 9 heteroatoms. The molecule has 7 nitrogen and oxygen atoms in total. The van der Waals surface area contributed by atoms with Crippen LogP contribution in [0.3, 0.4) is 0 Å². The molecule has 0 unspecified atom stereocenters. The second kappa shape index (κ2) is 10.3. The molecule has 0 fully saturated rings. The van der Waals surface area contributed by atoms with Gasteiger partial charge in [0.1, 0.15) is 11.8 Å². The Bertz CT molecular complexity index is 1110. The molecule has 2 aromatic carbocycles. The first-order valence-corrected chi connectivity index (χ1v) is 14.5. The molecule has 0 saturated carbocycles. The van der Waals surface area contributed by atoms with E-state index in [1.165, 1.54) is 6.92 Å². The molecule has 0 radical (unpaired) electrons. The molecular formula is C25H33ClN4O3Si. The average Bonchev–Trinajstić information content (AvgIpc) is 2.92. The molecule has 1 amide bonds. The van der Waals surface area contributed by atoms with E-state index in [9.17, 15) is 4.79 Å². The molecule has 0 aliphatic carbocycles. The van der Waals surface area contributed by atoms with Crippen LogP contribution in [0.2, 0.25) is 23.2 Å². The maximum atomic E-state index is 11.6. The molecule has 2 aromatic rings. The number of aliphatic imine (C=N–C) groups is 1. The highest BCUT2D eigenvalue weighted by Gasteiger charge is 2.38. The third kappa shape index (κ3) is 6.05. The van der Waals surface area contributed by atoms with Gasteiger partial charge in [-0.25, -0.2) is 5.43 Å². The second-order valence-electron chi connectivity index (χ2n) is 9.77. The van der Waals surface area contributed by atoms with E-state index in [0.29, 0.717) is 23.2 Å². The van der Waals surface area contributed by atoms with Gasteiger partial charge in [0.05, 0.1) is 19.4 Å². The van der Waals surface area contributed by atoms with Gasteiger partial charge in [0, 0.05) is 28.8 Å². The minimum absolute atomic E-state index is 0.0408. The van der Waals surface area contributed by atoms with Crippen molar-refractivity contribution in [1.29, 1.82) is 0 Å². The molecule has 0 aromatic heterocycles. The minimum atomic E-state index is -2.06. The lowest BCUT2D eigenvalue weighted by molar-refractivity contribution is -0.118. The summed E-state index contributed by atoms with van der Waals surface area (Å²) in [7, 11) is -0.430.